The van der Waals surface area contributed by atoms with E-state index in [9.17, 15) is 20.1 Å². The molecular weight excluding hydrogens is 466 g/mol. The molecule has 188 valence electrons. The molecule has 36 heavy (non-hydrogen) atoms. The van der Waals surface area contributed by atoms with Gasteiger partial charge in [-0.2, -0.15) is 0 Å². The van der Waals surface area contributed by atoms with Crippen molar-refractivity contribution in [2.45, 2.75) is 23.2 Å². The van der Waals surface area contributed by atoms with E-state index in [1.54, 1.807) is 42.5 Å². The van der Waals surface area contributed by atoms with E-state index in [0.717, 1.165) is 0 Å². The zero-order chi connectivity index (χ0) is 25.8. The fourth-order valence-electron chi connectivity index (χ4n) is 5.90. The highest BCUT2D eigenvalue weighted by molar-refractivity contribution is 5.81. The molecule has 1 fully saturated rings. The largest absolute Gasteiger partial charge is 0.504 e. The monoisotopic (exact) mass is 493 g/mol. The summed E-state index contributed by atoms with van der Waals surface area (Å²) in [5.74, 6) is -2.22. The molecule has 5 rings (SSSR count). The summed E-state index contributed by atoms with van der Waals surface area (Å²) < 4.78 is 22.8. The van der Waals surface area contributed by atoms with Gasteiger partial charge in [-0.3, -0.25) is 4.79 Å². The summed E-state index contributed by atoms with van der Waals surface area (Å²) in [6.45, 7) is 0. The fourth-order valence-corrected chi connectivity index (χ4v) is 5.90. The lowest BCUT2D eigenvalue weighted by Gasteiger charge is -2.40. The molecule has 2 aliphatic rings. The Hall–Kier alpha value is -3.95. The van der Waals surface area contributed by atoms with Gasteiger partial charge in [-0.25, -0.2) is 0 Å². The van der Waals surface area contributed by atoms with E-state index >= 15 is 0 Å². The minimum Gasteiger partial charge on any atom is -0.504 e. The first-order chi connectivity index (χ1) is 17.2. The quantitative estimate of drug-likeness (QED) is 0.410. The number of nitrogens with two attached hydrogens (primary N) is 1. The Morgan fingerprint density at radius 3 is 2.25 bits per heavy atom. The first-order valence-electron chi connectivity index (χ1n) is 11.3. The van der Waals surface area contributed by atoms with Gasteiger partial charge in [0.05, 0.1) is 32.8 Å². The molecule has 1 aliphatic heterocycles. The number of carbonyl (C=O) groups is 1. The smallest absolute Gasteiger partial charge is 0.224 e. The average Bonchev–Trinajstić information content (AvgIpc) is 3.26. The van der Waals surface area contributed by atoms with Crippen LogP contribution in [0.25, 0.3) is 0 Å². The number of phenols is 1. The zero-order valence-corrected chi connectivity index (χ0v) is 20.0. The highest BCUT2D eigenvalue weighted by atomic mass is 16.5. The number of rotatable bonds is 6. The maximum atomic E-state index is 12.9. The van der Waals surface area contributed by atoms with Gasteiger partial charge in [0.15, 0.2) is 22.7 Å². The summed E-state index contributed by atoms with van der Waals surface area (Å²) in [4.78, 5) is 12.9. The Bertz CT molecular complexity index is 1330. The van der Waals surface area contributed by atoms with Crippen LogP contribution in [0.4, 0.5) is 0 Å². The second-order valence-electron chi connectivity index (χ2n) is 8.95. The van der Waals surface area contributed by atoms with Gasteiger partial charge in [0.1, 0.15) is 23.4 Å². The molecule has 0 radical (unpaired) electrons. The van der Waals surface area contributed by atoms with Crippen molar-refractivity contribution in [2.75, 3.05) is 21.3 Å². The Labute approximate surface area is 207 Å². The molecule has 1 heterocycles. The summed E-state index contributed by atoms with van der Waals surface area (Å²) >= 11 is 0. The highest BCUT2D eigenvalue weighted by Crippen LogP contribution is 2.70. The zero-order valence-electron chi connectivity index (χ0n) is 20.0. The van der Waals surface area contributed by atoms with Crippen LogP contribution in [0.2, 0.25) is 0 Å². The predicted octanol–water partition coefficient (Wildman–Crippen LogP) is 2.15. The number of aliphatic hydroxyl groups is 2. The molecule has 9 heteroatoms. The Morgan fingerprint density at radius 2 is 1.67 bits per heavy atom. The summed E-state index contributed by atoms with van der Waals surface area (Å²) in [7, 11) is 4.31. The van der Waals surface area contributed by atoms with Crippen molar-refractivity contribution in [3.05, 3.63) is 77.4 Å². The van der Waals surface area contributed by atoms with E-state index < -0.39 is 35.0 Å². The Kier molecular flexibility index (Phi) is 5.50. The Morgan fingerprint density at radius 1 is 0.972 bits per heavy atom. The SMILES string of the molecule is COc1cc(OC)c2c(c1)O[C@@]1(c3ccc(OC)c(O)c3)[C@H](c3ccccc3)[C@@H](C(N)=O)[C@@H](O)[C@@]21O. The molecule has 0 spiro atoms. The van der Waals surface area contributed by atoms with Gasteiger partial charge in [-0.1, -0.05) is 36.4 Å². The fraction of sp³-hybridized carbons (Fsp3) is 0.296. The number of amides is 1. The van der Waals surface area contributed by atoms with Gasteiger partial charge in [-0.15, -0.1) is 0 Å². The third kappa shape index (κ3) is 2.93. The number of fused-ring (bicyclic) bond motifs is 3. The van der Waals surface area contributed by atoms with Crippen molar-refractivity contribution in [2.24, 2.45) is 11.7 Å². The van der Waals surface area contributed by atoms with E-state index in [1.165, 1.54) is 33.5 Å². The van der Waals surface area contributed by atoms with Crippen LogP contribution < -0.4 is 24.7 Å². The molecule has 5 atom stereocenters. The molecule has 0 saturated heterocycles. The second kappa shape index (κ2) is 8.32. The number of methoxy groups -OCH3 is 3. The second-order valence-corrected chi connectivity index (χ2v) is 8.95. The van der Waals surface area contributed by atoms with Gasteiger partial charge in [0.2, 0.25) is 5.91 Å². The van der Waals surface area contributed by atoms with Gasteiger partial charge in [-0.05, 0) is 17.7 Å². The molecule has 3 aromatic rings. The van der Waals surface area contributed by atoms with Crippen LogP contribution in [0.5, 0.6) is 28.7 Å². The van der Waals surface area contributed by atoms with Crippen LogP contribution in [0.3, 0.4) is 0 Å². The molecule has 1 amide bonds. The molecule has 5 N–H and O–H groups in total. The van der Waals surface area contributed by atoms with Crippen molar-refractivity contribution in [3.8, 4) is 28.7 Å². The molecule has 0 aromatic heterocycles. The summed E-state index contributed by atoms with van der Waals surface area (Å²) in [6, 6.07) is 16.6. The summed E-state index contributed by atoms with van der Waals surface area (Å²) in [5.41, 5.74) is 2.90. The highest BCUT2D eigenvalue weighted by Gasteiger charge is 2.78. The number of phenolic OH excluding ortho intramolecular Hbond substituents is 1. The number of hydrogen-bond donors (Lipinski definition) is 4. The van der Waals surface area contributed by atoms with Crippen LogP contribution >= 0.6 is 0 Å². The molecule has 0 bridgehead atoms. The number of aliphatic hydroxyl groups excluding tert-OH is 1. The number of carbonyl (C=O) groups excluding carboxylic acids is 1. The van der Waals surface area contributed by atoms with E-state index in [0.29, 0.717) is 16.9 Å². The molecule has 3 aromatic carbocycles. The Balaban J connectivity index is 1.90. The molecule has 1 aliphatic carbocycles. The summed E-state index contributed by atoms with van der Waals surface area (Å²) in [5, 5.41) is 35.0. The van der Waals surface area contributed by atoms with E-state index in [2.05, 4.69) is 0 Å². The first kappa shape index (κ1) is 23.8. The van der Waals surface area contributed by atoms with Gasteiger partial charge >= 0.3 is 0 Å². The van der Waals surface area contributed by atoms with Crippen LogP contribution in [-0.4, -0.2) is 48.7 Å². The molecule has 1 saturated carbocycles. The van der Waals surface area contributed by atoms with Crippen molar-refractivity contribution in [1.29, 1.82) is 0 Å². The first-order valence-corrected chi connectivity index (χ1v) is 11.3. The van der Waals surface area contributed by atoms with E-state index in [4.69, 9.17) is 24.7 Å². The third-order valence-corrected chi connectivity index (χ3v) is 7.37. The molecular formula is C27H27NO8. The van der Waals surface area contributed by atoms with Crippen LogP contribution in [0.15, 0.2) is 60.7 Å². The van der Waals surface area contributed by atoms with Crippen LogP contribution in [0.1, 0.15) is 22.6 Å². The number of ether oxygens (including phenoxy) is 4. The standard InChI is InChI=1S/C27H27NO8/c1-33-16-12-19(35-3)23-20(13-16)36-27(15-9-10-18(34-2)17(29)11-15)22(14-7-5-4-6-8-14)21(25(28)31)24(30)26(23,27)32/h4-13,21-22,24,29-30,32H,1-3H3,(H2,28,31)/t21-,22-,24-,26+,27+/m1/s1. The van der Waals surface area contributed by atoms with Crippen molar-refractivity contribution in [1.82, 2.24) is 0 Å². The minimum atomic E-state index is -2.21. The van der Waals surface area contributed by atoms with Gasteiger partial charge in [0, 0.05) is 23.6 Å². The normalized spacial score (nSPS) is 28.1. The maximum Gasteiger partial charge on any atom is 0.224 e. The summed E-state index contributed by atoms with van der Waals surface area (Å²) in [6.07, 6.45) is -1.69. The lowest BCUT2D eigenvalue weighted by molar-refractivity contribution is -0.154. The maximum absolute atomic E-state index is 12.9. The molecule has 9 nitrogen and oxygen atoms in total. The van der Waals surface area contributed by atoms with Crippen LogP contribution in [-0.2, 0) is 16.0 Å². The topological polar surface area (TPSA) is 141 Å². The number of benzene rings is 3. The van der Waals surface area contributed by atoms with Crippen molar-refractivity contribution >= 4 is 5.91 Å². The van der Waals surface area contributed by atoms with Crippen molar-refractivity contribution < 1.29 is 39.1 Å². The average molecular weight is 494 g/mol. The minimum absolute atomic E-state index is 0.151. The number of primary amides is 1. The number of hydrogen-bond acceptors (Lipinski definition) is 8. The van der Waals surface area contributed by atoms with Gasteiger partial charge in [0.25, 0.3) is 0 Å². The van der Waals surface area contributed by atoms with E-state index in [-0.39, 0.29) is 28.6 Å². The molecule has 0 unspecified atom stereocenters. The van der Waals surface area contributed by atoms with Crippen molar-refractivity contribution in [3.63, 3.8) is 0 Å². The lowest BCUT2D eigenvalue weighted by Crippen LogP contribution is -2.52. The lowest BCUT2D eigenvalue weighted by atomic mass is 9.70. The third-order valence-electron chi connectivity index (χ3n) is 7.37. The number of aromatic hydroxyl groups is 1. The van der Waals surface area contributed by atoms with Crippen LogP contribution in [0, 0.1) is 5.92 Å². The van der Waals surface area contributed by atoms with Gasteiger partial charge < -0.3 is 40.0 Å². The predicted molar refractivity (Wildman–Crippen MR) is 128 cm³/mol. The van der Waals surface area contributed by atoms with E-state index in [1.807, 2.05) is 6.07 Å².